The first-order valence-corrected chi connectivity index (χ1v) is 10.2. The van der Waals surface area contributed by atoms with Crippen LogP contribution in [0.2, 0.25) is 5.15 Å². The van der Waals surface area contributed by atoms with Gasteiger partial charge in [-0.2, -0.15) is 12.7 Å². The van der Waals surface area contributed by atoms with Crippen molar-refractivity contribution in [2.75, 3.05) is 14.1 Å². The van der Waals surface area contributed by atoms with E-state index in [-0.39, 0.29) is 12.0 Å². The normalized spacial score (nSPS) is 20.0. The van der Waals surface area contributed by atoms with E-state index in [0.29, 0.717) is 29.7 Å². The van der Waals surface area contributed by atoms with Crippen LogP contribution in [0.1, 0.15) is 24.6 Å². The van der Waals surface area contributed by atoms with Crippen molar-refractivity contribution in [3.63, 3.8) is 0 Å². The summed E-state index contributed by atoms with van der Waals surface area (Å²) in [5.74, 6) is 0.968. The smallest absolute Gasteiger partial charge is 0.308 e. The van der Waals surface area contributed by atoms with E-state index in [1.54, 1.807) is 12.3 Å². The second-order valence-electron chi connectivity index (χ2n) is 6.60. The minimum atomic E-state index is -3.59. The van der Waals surface area contributed by atoms with Crippen LogP contribution in [-0.4, -0.2) is 51.8 Å². The van der Waals surface area contributed by atoms with E-state index in [0.717, 1.165) is 10.9 Å². The van der Waals surface area contributed by atoms with Gasteiger partial charge in [0.15, 0.2) is 0 Å². The topological polar surface area (TPSA) is 90.2 Å². The van der Waals surface area contributed by atoms with Gasteiger partial charge in [-0.15, -0.1) is 0 Å². The lowest BCUT2D eigenvalue weighted by atomic mass is 9.82. The molecule has 1 aliphatic carbocycles. The van der Waals surface area contributed by atoms with Gasteiger partial charge in [-0.05, 0) is 25.0 Å². The number of fused-ring (bicyclic) bond motifs is 1. The molecule has 1 saturated carbocycles. The molecule has 142 valence electrons. The third kappa shape index (κ3) is 3.26. The third-order valence-corrected chi connectivity index (χ3v) is 6.54. The molecule has 1 aliphatic rings. The molecule has 0 unspecified atom stereocenters. The summed E-state index contributed by atoms with van der Waals surface area (Å²) in [6.07, 6.45) is 5.87. The Morgan fingerprint density at radius 1 is 1.26 bits per heavy atom. The van der Waals surface area contributed by atoms with E-state index >= 15 is 0 Å². The molecule has 0 amide bonds. The van der Waals surface area contributed by atoms with Gasteiger partial charge in [0, 0.05) is 44.7 Å². The molecule has 0 bridgehead atoms. The van der Waals surface area contributed by atoms with Crippen molar-refractivity contribution in [3.05, 3.63) is 47.8 Å². The standard InChI is InChI=1S/C17H18ClN5O3S/c1-22(2)27(24,25)23-7-6-20-16(23)11-8-12(9-11)26-17-13-4-3-5-19-14(13)10-15(18)21-17/h3-7,10-12H,8-9H2,1-2H3/t11-,12+. The molecule has 3 aromatic rings. The molecule has 0 spiro atoms. The monoisotopic (exact) mass is 407 g/mol. The summed E-state index contributed by atoms with van der Waals surface area (Å²) in [5, 5.41) is 1.11. The van der Waals surface area contributed by atoms with Crippen LogP contribution < -0.4 is 4.74 Å². The van der Waals surface area contributed by atoms with E-state index < -0.39 is 10.2 Å². The highest BCUT2D eigenvalue weighted by molar-refractivity contribution is 7.87. The molecular weight excluding hydrogens is 390 g/mol. The first kappa shape index (κ1) is 18.1. The van der Waals surface area contributed by atoms with E-state index in [1.807, 2.05) is 12.1 Å². The van der Waals surface area contributed by atoms with Crippen molar-refractivity contribution in [2.45, 2.75) is 24.9 Å². The van der Waals surface area contributed by atoms with Gasteiger partial charge in [-0.1, -0.05) is 11.6 Å². The molecule has 27 heavy (non-hydrogen) atoms. The summed E-state index contributed by atoms with van der Waals surface area (Å²) < 4.78 is 33.2. The van der Waals surface area contributed by atoms with Crippen LogP contribution in [-0.2, 0) is 10.2 Å². The van der Waals surface area contributed by atoms with Crippen molar-refractivity contribution in [2.24, 2.45) is 0 Å². The molecule has 0 aromatic carbocycles. The summed E-state index contributed by atoms with van der Waals surface area (Å²) in [6.45, 7) is 0. The van der Waals surface area contributed by atoms with Crippen molar-refractivity contribution < 1.29 is 13.2 Å². The molecule has 0 N–H and O–H groups in total. The molecule has 8 nitrogen and oxygen atoms in total. The Morgan fingerprint density at radius 2 is 2.04 bits per heavy atom. The Labute approximate surface area is 162 Å². The molecule has 10 heteroatoms. The van der Waals surface area contributed by atoms with E-state index in [2.05, 4.69) is 15.0 Å². The maximum atomic E-state index is 12.4. The zero-order valence-corrected chi connectivity index (χ0v) is 16.4. The summed E-state index contributed by atoms with van der Waals surface area (Å²) >= 11 is 6.06. The highest BCUT2D eigenvalue weighted by Crippen LogP contribution is 2.39. The SMILES string of the molecule is CN(C)S(=O)(=O)n1ccnc1[C@H]1C[C@@H](Oc2nc(Cl)cc3ncccc23)C1. The summed E-state index contributed by atoms with van der Waals surface area (Å²) in [7, 11) is -0.596. The fourth-order valence-corrected chi connectivity index (χ4v) is 4.27. The lowest BCUT2D eigenvalue weighted by molar-refractivity contribution is 0.0920. The minimum absolute atomic E-state index is 0.00305. The zero-order valence-electron chi connectivity index (χ0n) is 14.8. The molecule has 0 aliphatic heterocycles. The summed E-state index contributed by atoms with van der Waals surface area (Å²) in [4.78, 5) is 12.8. The molecule has 0 atom stereocenters. The largest absolute Gasteiger partial charge is 0.474 e. The predicted molar refractivity (Wildman–Crippen MR) is 101 cm³/mol. The minimum Gasteiger partial charge on any atom is -0.474 e. The quantitative estimate of drug-likeness (QED) is 0.603. The maximum absolute atomic E-state index is 12.4. The number of nitrogens with zero attached hydrogens (tertiary/aromatic N) is 5. The Hall–Kier alpha value is -2.23. The Bertz CT molecular complexity index is 1090. The second kappa shape index (κ2) is 6.74. The number of halogens is 1. The van der Waals surface area contributed by atoms with E-state index in [1.165, 1.54) is 34.8 Å². The van der Waals surface area contributed by atoms with Gasteiger partial charge in [0.05, 0.1) is 10.9 Å². The van der Waals surface area contributed by atoms with Crippen LogP contribution in [0.3, 0.4) is 0 Å². The fourth-order valence-electron chi connectivity index (χ4n) is 3.10. The van der Waals surface area contributed by atoms with Gasteiger partial charge in [0.1, 0.15) is 17.1 Å². The highest BCUT2D eigenvalue weighted by atomic mass is 35.5. The lowest BCUT2D eigenvalue weighted by Gasteiger charge is -2.35. The number of imidazole rings is 1. The number of ether oxygens (including phenoxy) is 1. The molecule has 3 heterocycles. The second-order valence-corrected chi connectivity index (χ2v) is 9.01. The third-order valence-electron chi connectivity index (χ3n) is 4.62. The first-order chi connectivity index (χ1) is 12.9. The Balaban J connectivity index is 1.52. The number of hydrogen-bond donors (Lipinski definition) is 0. The molecule has 1 fully saturated rings. The van der Waals surface area contributed by atoms with Gasteiger partial charge < -0.3 is 4.74 Å². The molecule has 0 saturated heterocycles. The first-order valence-electron chi connectivity index (χ1n) is 8.40. The highest BCUT2D eigenvalue weighted by Gasteiger charge is 2.37. The number of hydrogen-bond acceptors (Lipinski definition) is 6. The van der Waals surface area contributed by atoms with Crippen LogP contribution in [0.25, 0.3) is 10.9 Å². The van der Waals surface area contributed by atoms with E-state index in [9.17, 15) is 8.42 Å². The van der Waals surface area contributed by atoms with Crippen molar-refractivity contribution >= 4 is 32.7 Å². The molecular formula is C17H18ClN5O3S. The summed E-state index contributed by atoms with van der Waals surface area (Å²) in [5.41, 5.74) is 0.719. The average molecular weight is 408 g/mol. The predicted octanol–water partition coefficient (Wildman–Crippen LogP) is 2.46. The van der Waals surface area contributed by atoms with Gasteiger partial charge in [-0.25, -0.2) is 13.9 Å². The van der Waals surface area contributed by atoms with E-state index in [4.69, 9.17) is 16.3 Å². The molecule has 0 radical (unpaired) electrons. The number of pyridine rings is 2. The van der Waals surface area contributed by atoms with Crippen LogP contribution in [0.4, 0.5) is 0 Å². The fraction of sp³-hybridized carbons (Fsp3) is 0.353. The van der Waals surface area contributed by atoms with Gasteiger partial charge in [0.25, 0.3) is 0 Å². The van der Waals surface area contributed by atoms with Gasteiger partial charge in [0.2, 0.25) is 5.88 Å². The number of aromatic nitrogens is 4. The number of rotatable bonds is 5. The van der Waals surface area contributed by atoms with Gasteiger partial charge >= 0.3 is 10.2 Å². The molecule has 4 rings (SSSR count). The van der Waals surface area contributed by atoms with Crippen LogP contribution in [0.5, 0.6) is 5.88 Å². The average Bonchev–Trinajstić information content (AvgIpc) is 3.07. The van der Waals surface area contributed by atoms with Crippen LogP contribution in [0, 0.1) is 0 Å². The van der Waals surface area contributed by atoms with Crippen molar-refractivity contribution in [3.8, 4) is 5.88 Å². The summed E-state index contributed by atoms with van der Waals surface area (Å²) in [6, 6.07) is 5.39. The Kier molecular flexibility index (Phi) is 4.53. The van der Waals surface area contributed by atoms with Crippen LogP contribution >= 0.6 is 11.6 Å². The van der Waals surface area contributed by atoms with Crippen molar-refractivity contribution in [1.29, 1.82) is 0 Å². The van der Waals surface area contributed by atoms with Crippen LogP contribution in [0.15, 0.2) is 36.8 Å². The maximum Gasteiger partial charge on any atom is 0.308 e. The zero-order chi connectivity index (χ0) is 19.2. The Morgan fingerprint density at radius 3 is 2.78 bits per heavy atom. The van der Waals surface area contributed by atoms with Gasteiger partial charge in [-0.3, -0.25) is 4.98 Å². The molecule has 3 aromatic heterocycles. The lowest BCUT2D eigenvalue weighted by Crippen LogP contribution is -2.36. The van der Waals surface area contributed by atoms with Crippen molar-refractivity contribution in [1.82, 2.24) is 23.2 Å².